The minimum atomic E-state index is -5.08. The molecule has 1 saturated carbocycles. The molecule has 7 N–H and O–H groups in total. The molecular formula is C44H48F3N9O10. The number of aliphatic hydroxyl groups is 2. The Hall–Kier alpha value is -7.33. The van der Waals surface area contributed by atoms with E-state index in [4.69, 9.17) is 34.3 Å². The Bertz CT molecular complexity index is 2460. The van der Waals surface area contributed by atoms with Gasteiger partial charge in [0.15, 0.2) is 17.0 Å². The lowest BCUT2D eigenvalue weighted by molar-refractivity contribution is -0.192. The second-order valence-corrected chi connectivity index (χ2v) is 15.4. The number of carboxylic acid groups (broad SMARTS) is 1. The maximum absolute atomic E-state index is 13.3. The van der Waals surface area contributed by atoms with E-state index >= 15 is 0 Å². The summed E-state index contributed by atoms with van der Waals surface area (Å²) in [6.07, 6.45) is -4.88. The molecule has 350 valence electrons. The zero-order chi connectivity index (χ0) is 47.7. The number of nitrogens with one attached hydrogen (secondary N) is 4. The summed E-state index contributed by atoms with van der Waals surface area (Å²) in [6.45, 7) is 3.01. The number of esters is 2. The molecule has 0 spiro atoms. The number of halogens is 3. The van der Waals surface area contributed by atoms with Gasteiger partial charge < -0.3 is 55.5 Å². The van der Waals surface area contributed by atoms with Crippen molar-refractivity contribution in [2.75, 3.05) is 49.4 Å². The van der Waals surface area contributed by atoms with Gasteiger partial charge in [-0.3, -0.25) is 4.79 Å². The van der Waals surface area contributed by atoms with Gasteiger partial charge in [-0.1, -0.05) is 67.6 Å². The highest BCUT2D eigenvalue weighted by Gasteiger charge is 2.44. The predicted molar refractivity (Wildman–Crippen MR) is 232 cm³/mol. The first-order valence-electron chi connectivity index (χ1n) is 20.7. The van der Waals surface area contributed by atoms with Crippen LogP contribution < -0.4 is 26.2 Å². The lowest BCUT2D eigenvalue weighted by Gasteiger charge is -2.22. The maximum atomic E-state index is 13.3. The molecule has 1 aliphatic heterocycles. The van der Waals surface area contributed by atoms with Crippen LogP contribution >= 0.6 is 0 Å². The van der Waals surface area contributed by atoms with Crippen LogP contribution in [-0.2, 0) is 19.1 Å². The van der Waals surface area contributed by atoms with Crippen molar-refractivity contribution in [1.29, 1.82) is 0 Å². The summed E-state index contributed by atoms with van der Waals surface area (Å²) in [5.41, 5.74) is 3.42. The first kappa shape index (κ1) is 48.1. The van der Waals surface area contributed by atoms with Crippen LogP contribution in [0, 0.1) is 0 Å². The van der Waals surface area contributed by atoms with Crippen molar-refractivity contribution in [3.8, 4) is 0 Å². The molecular weight excluding hydrogens is 872 g/mol. The van der Waals surface area contributed by atoms with Crippen LogP contribution in [-0.4, -0.2) is 129 Å². The highest BCUT2D eigenvalue weighted by atomic mass is 19.4. The molecule has 66 heavy (non-hydrogen) atoms. The molecule has 3 aromatic carbocycles. The Morgan fingerprint density at radius 3 is 2.00 bits per heavy atom. The van der Waals surface area contributed by atoms with Crippen LogP contribution in [0.5, 0.6) is 0 Å². The van der Waals surface area contributed by atoms with Crippen molar-refractivity contribution in [3.05, 3.63) is 107 Å². The second-order valence-electron chi connectivity index (χ2n) is 15.4. The quantitative estimate of drug-likeness (QED) is 0.0816. The first-order valence-corrected chi connectivity index (χ1v) is 20.7. The highest BCUT2D eigenvalue weighted by molar-refractivity contribution is 5.99. The van der Waals surface area contributed by atoms with Gasteiger partial charge in [0.05, 0.1) is 43.8 Å². The van der Waals surface area contributed by atoms with Crippen molar-refractivity contribution in [3.63, 3.8) is 0 Å². The standard InChI is InChI=1S/C42H47N9O8.C2HF3O2/c1-4-33(52)47-31-20-32(36(54)35(31)53)51-23-44-34-37(43-21-30(24-11-7-5-8-12-24)25-13-9-6-10-14-25)48-41(49-38(34)51)50-16-15-28(22-50)45-42(57)46-29-18-26(39(55)58-2)17-27(19-29)40(56)59-3;3-2(4,5)1(6)7/h5-14,17-19,23,28,30-32,35-36,53-54H,4,15-16,20-22H2,1-3H3,(H,47,52)(H,43,48,49)(H2,45,46,57);(H,6,7)/t28-,31+,32-,35-,36+;/m1./s1. The van der Waals surface area contributed by atoms with Gasteiger partial charge in [-0.25, -0.2) is 24.2 Å². The molecule has 7 rings (SSSR count). The third-order valence-electron chi connectivity index (χ3n) is 11.0. The zero-order valence-electron chi connectivity index (χ0n) is 35.9. The van der Waals surface area contributed by atoms with E-state index < -0.39 is 54.4 Å². The van der Waals surface area contributed by atoms with Crippen LogP contribution in [0.25, 0.3) is 11.2 Å². The summed E-state index contributed by atoms with van der Waals surface area (Å²) in [5.74, 6) is -3.58. The number of alkyl halides is 3. The molecule has 2 fully saturated rings. The highest BCUT2D eigenvalue weighted by Crippen LogP contribution is 2.36. The van der Waals surface area contributed by atoms with Gasteiger partial charge in [-0.05, 0) is 42.2 Å². The Balaban J connectivity index is 0.000000952. The number of imidazole rings is 1. The molecule has 0 unspecified atom stereocenters. The molecule has 0 bridgehead atoms. The van der Waals surface area contributed by atoms with E-state index in [0.29, 0.717) is 49.0 Å². The predicted octanol–water partition coefficient (Wildman–Crippen LogP) is 4.24. The number of amides is 3. The number of carbonyl (C=O) groups excluding carboxylic acids is 4. The number of aromatic nitrogens is 4. The van der Waals surface area contributed by atoms with Crippen LogP contribution in [0.1, 0.15) is 70.0 Å². The van der Waals surface area contributed by atoms with Gasteiger partial charge in [-0.15, -0.1) is 0 Å². The van der Waals surface area contributed by atoms with Gasteiger partial charge in [0.1, 0.15) is 12.2 Å². The summed E-state index contributed by atoms with van der Waals surface area (Å²) >= 11 is 0. The Morgan fingerprint density at radius 1 is 0.864 bits per heavy atom. The van der Waals surface area contributed by atoms with Crippen molar-refractivity contribution < 1.29 is 61.9 Å². The normalized spacial score (nSPS) is 19.1. The number of fused-ring (bicyclic) bond motifs is 1. The molecule has 5 atom stereocenters. The van der Waals surface area contributed by atoms with Gasteiger partial charge in [0, 0.05) is 43.7 Å². The Morgan fingerprint density at radius 2 is 1.45 bits per heavy atom. The summed E-state index contributed by atoms with van der Waals surface area (Å²) in [7, 11) is 2.43. The first-order chi connectivity index (χ1) is 31.5. The average Bonchev–Trinajstić information content (AvgIpc) is 4.03. The molecule has 22 heteroatoms. The zero-order valence-corrected chi connectivity index (χ0v) is 35.9. The fraction of sp³-hybridized carbons (Fsp3) is 0.364. The van der Waals surface area contributed by atoms with E-state index in [1.165, 1.54) is 32.4 Å². The summed E-state index contributed by atoms with van der Waals surface area (Å²) < 4.78 is 43.1. The van der Waals surface area contributed by atoms with E-state index in [9.17, 15) is 42.6 Å². The molecule has 19 nitrogen and oxygen atoms in total. The number of hydrogen-bond acceptors (Lipinski definition) is 14. The van der Waals surface area contributed by atoms with Crippen LogP contribution in [0.15, 0.2) is 85.2 Å². The molecule has 2 aliphatic rings. The number of benzene rings is 3. The fourth-order valence-corrected chi connectivity index (χ4v) is 7.73. The van der Waals surface area contributed by atoms with Crippen LogP contribution in [0.4, 0.5) is 35.4 Å². The maximum Gasteiger partial charge on any atom is 0.490 e. The lowest BCUT2D eigenvalue weighted by Crippen LogP contribution is -2.42. The topological polar surface area (TPSA) is 259 Å². The van der Waals surface area contributed by atoms with Crippen molar-refractivity contribution in [1.82, 2.24) is 30.2 Å². The number of anilines is 3. The van der Waals surface area contributed by atoms with E-state index in [0.717, 1.165) is 11.1 Å². The Labute approximate surface area is 375 Å². The minimum Gasteiger partial charge on any atom is -0.475 e. The van der Waals surface area contributed by atoms with E-state index in [1.54, 1.807) is 17.8 Å². The molecule has 1 aliphatic carbocycles. The smallest absolute Gasteiger partial charge is 0.475 e. The molecule has 5 aromatic rings. The molecule has 3 amide bonds. The number of aliphatic hydroxyl groups excluding tert-OH is 2. The number of ether oxygens (including phenoxy) is 2. The van der Waals surface area contributed by atoms with Crippen molar-refractivity contribution in [2.45, 2.75) is 68.6 Å². The van der Waals surface area contributed by atoms with E-state index in [1.807, 2.05) is 41.3 Å². The van der Waals surface area contributed by atoms with Crippen molar-refractivity contribution >= 4 is 58.5 Å². The molecule has 3 heterocycles. The minimum absolute atomic E-state index is 0.0430. The van der Waals surface area contributed by atoms with Gasteiger partial charge in [0.2, 0.25) is 11.9 Å². The number of urea groups is 1. The lowest BCUT2D eigenvalue weighted by atomic mass is 9.91. The Kier molecular flexibility index (Phi) is 15.4. The van der Waals surface area contributed by atoms with Crippen LogP contribution in [0.3, 0.4) is 0 Å². The van der Waals surface area contributed by atoms with Gasteiger partial charge in [-0.2, -0.15) is 23.1 Å². The summed E-state index contributed by atoms with van der Waals surface area (Å²) in [6, 6.07) is 22.2. The molecule has 1 saturated heterocycles. The third-order valence-corrected chi connectivity index (χ3v) is 11.0. The second kappa shape index (κ2) is 21.1. The number of carboxylic acids is 1. The third kappa shape index (κ3) is 11.5. The number of carbonyl (C=O) groups is 5. The average molecular weight is 920 g/mol. The SMILES string of the molecule is CCC(=O)N[C@H]1C[C@@H](n2cnc3c(NCC(c4ccccc4)c4ccccc4)nc(N4CC[C@@H](NC(=O)Nc5cc(C(=O)OC)cc(C(=O)OC)c5)C4)nc32)[C@H](O)[C@@H]1O.O=C(O)C(F)(F)F. The summed E-state index contributed by atoms with van der Waals surface area (Å²) in [4.78, 5) is 75.5. The number of nitrogens with zero attached hydrogens (tertiary/aromatic N) is 5. The summed E-state index contributed by atoms with van der Waals surface area (Å²) in [5, 5.41) is 41.4. The number of methoxy groups -OCH3 is 2. The molecule has 0 radical (unpaired) electrons. The number of hydrogen-bond donors (Lipinski definition) is 7. The number of rotatable bonds is 13. The molecule has 2 aromatic heterocycles. The van der Waals surface area contributed by atoms with E-state index in [-0.39, 0.29) is 47.5 Å². The largest absolute Gasteiger partial charge is 0.490 e. The van der Waals surface area contributed by atoms with Crippen LogP contribution in [0.2, 0.25) is 0 Å². The van der Waals surface area contributed by atoms with Crippen molar-refractivity contribution in [2.24, 2.45) is 0 Å². The monoisotopic (exact) mass is 919 g/mol. The fourth-order valence-electron chi connectivity index (χ4n) is 7.73. The number of aliphatic carboxylic acids is 1. The van der Waals surface area contributed by atoms with Gasteiger partial charge in [0.25, 0.3) is 0 Å². The van der Waals surface area contributed by atoms with Gasteiger partial charge >= 0.3 is 30.1 Å². The van der Waals surface area contributed by atoms with E-state index in [2.05, 4.69) is 45.5 Å².